The van der Waals surface area contributed by atoms with Crippen LogP contribution in [0.5, 0.6) is 34.5 Å². The maximum atomic E-state index is 12.6. The van der Waals surface area contributed by atoms with E-state index in [1.54, 1.807) is 24.3 Å². The van der Waals surface area contributed by atoms with Crippen LogP contribution in [0.15, 0.2) is 30.3 Å². The summed E-state index contributed by atoms with van der Waals surface area (Å²) in [4.78, 5) is 12.6. The van der Waals surface area contributed by atoms with Gasteiger partial charge in [-0.25, -0.2) is 4.79 Å². The second-order valence-electron chi connectivity index (χ2n) is 6.47. The first kappa shape index (κ1) is 19.5. The summed E-state index contributed by atoms with van der Waals surface area (Å²) in [6.07, 6.45) is 0. The van der Waals surface area contributed by atoms with Gasteiger partial charge in [-0.05, 0) is 41.3 Å². The number of ether oxygens (including phenoxy) is 6. The van der Waals surface area contributed by atoms with Crippen LogP contribution in [0.1, 0.15) is 10.4 Å². The van der Waals surface area contributed by atoms with E-state index in [4.69, 9.17) is 28.4 Å². The Bertz CT molecular complexity index is 1130. The molecule has 0 bridgehead atoms. The van der Waals surface area contributed by atoms with Gasteiger partial charge in [0.05, 0.1) is 34.0 Å². The number of esters is 1. The van der Waals surface area contributed by atoms with E-state index >= 15 is 0 Å². The molecule has 1 heterocycles. The number of carbonyl (C=O) groups is 1. The molecule has 8 heteroatoms. The quantitative estimate of drug-likeness (QED) is 0.634. The van der Waals surface area contributed by atoms with Crippen LogP contribution in [-0.2, 0) is 4.74 Å². The lowest BCUT2D eigenvalue weighted by atomic mass is 9.91. The summed E-state index contributed by atoms with van der Waals surface area (Å²) in [6, 6.07) is 8.22. The summed E-state index contributed by atoms with van der Waals surface area (Å²) >= 11 is 0. The van der Waals surface area contributed by atoms with Crippen LogP contribution < -0.4 is 23.7 Å². The fourth-order valence-electron chi connectivity index (χ4n) is 3.60. The van der Waals surface area contributed by atoms with Gasteiger partial charge in [0.2, 0.25) is 12.5 Å². The number of hydrogen-bond acceptors (Lipinski definition) is 8. The molecular weight excluding hydrogens is 392 g/mol. The number of carbonyl (C=O) groups excluding carboxylic acids is 1. The lowest BCUT2D eigenvalue weighted by Crippen LogP contribution is -2.05. The lowest BCUT2D eigenvalue weighted by molar-refractivity contribution is 0.0601. The molecule has 3 aromatic rings. The number of aromatic hydroxyl groups is 1. The number of phenolic OH excluding ortho intramolecular Hbond substituents is 1. The third-order valence-electron chi connectivity index (χ3n) is 4.97. The van der Waals surface area contributed by atoms with E-state index in [1.807, 2.05) is 0 Å². The molecule has 0 saturated heterocycles. The van der Waals surface area contributed by atoms with Gasteiger partial charge in [-0.2, -0.15) is 0 Å². The van der Waals surface area contributed by atoms with Crippen molar-refractivity contribution in [1.82, 2.24) is 0 Å². The monoisotopic (exact) mass is 412 g/mol. The van der Waals surface area contributed by atoms with Crippen molar-refractivity contribution in [3.63, 3.8) is 0 Å². The Hall–Kier alpha value is -3.81. The molecule has 0 aliphatic carbocycles. The molecule has 30 heavy (non-hydrogen) atoms. The predicted molar refractivity (Wildman–Crippen MR) is 108 cm³/mol. The van der Waals surface area contributed by atoms with E-state index in [1.165, 1.54) is 34.5 Å². The maximum absolute atomic E-state index is 12.6. The second-order valence-corrected chi connectivity index (χ2v) is 6.47. The van der Waals surface area contributed by atoms with Gasteiger partial charge in [0.1, 0.15) is 5.75 Å². The van der Waals surface area contributed by atoms with Crippen molar-refractivity contribution in [3.8, 4) is 45.6 Å². The van der Waals surface area contributed by atoms with Gasteiger partial charge >= 0.3 is 5.97 Å². The zero-order chi connectivity index (χ0) is 21.4. The number of benzene rings is 3. The Labute approximate surface area is 172 Å². The molecule has 0 unspecified atom stereocenters. The van der Waals surface area contributed by atoms with Crippen LogP contribution in [-0.4, -0.2) is 46.3 Å². The Morgan fingerprint density at radius 3 is 2.00 bits per heavy atom. The molecule has 0 saturated carbocycles. The fourth-order valence-corrected chi connectivity index (χ4v) is 3.60. The minimum atomic E-state index is -0.603. The standard InChI is InChI=1S/C22H20O8/c1-25-18-5-11(6-19(26-2)21(18)27-3)20-13-9-17-16(29-10-30-17)8-12(13)15(23)7-14(20)22(24)28-4/h5-9,23H,10H2,1-4H3. The number of methoxy groups -OCH3 is 4. The van der Waals surface area contributed by atoms with Gasteiger partial charge in [-0.3, -0.25) is 0 Å². The minimum Gasteiger partial charge on any atom is -0.507 e. The maximum Gasteiger partial charge on any atom is 0.338 e. The van der Waals surface area contributed by atoms with Crippen LogP contribution in [0.4, 0.5) is 0 Å². The van der Waals surface area contributed by atoms with Crippen molar-refractivity contribution in [2.24, 2.45) is 0 Å². The summed E-state index contributed by atoms with van der Waals surface area (Å²) in [5.41, 5.74) is 1.30. The largest absolute Gasteiger partial charge is 0.507 e. The number of rotatable bonds is 5. The van der Waals surface area contributed by atoms with E-state index in [2.05, 4.69) is 0 Å². The SMILES string of the molecule is COC(=O)c1cc(O)c2cc3c(cc2c1-c1cc(OC)c(OC)c(OC)c1)OCO3. The van der Waals surface area contributed by atoms with Gasteiger partial charge < -0.3 is 33.5 Å². The predicted octanol–water partition coefficient (Wildman–Crippen LogP) is 3.75. The fraction of sp³-hybridized carbons (Fsp3) is 0.227. The van der Waals surface area contributed by atoms with Crippen molar-refractivity contribution >= 4 is 16.7 Å². The van der Waals surface area contributed by atoms with E-state index in [9.17, 15) is 9.90 Å². The van der Waals surface area contributed by atoms with E-state index in [-0.39, 0.29) is 18.1 Å². The van der Waals surface area contributed by atoms with E-state index in [0.717, 1.165) is 0 Å². The molecule has 0 spiro atoms. The first-order valence-electron chi connectivity index (χ1n) is 9.00. The molecule has 0 fully saturated rings. The molecule has 156 valence electrons. The van der Waals surface area contributed by atoms with Crippen LogP contribution >= 0.6 is 0 Å². The molecule has 1 aliphatic heterocycles. The molecular formula is C22H20O8. The highest BCUT2D eigenvalue weighted by Gasteiger charge is 2.25. The zero-order valence-corrected chi connectivity index (χ0v) is 16.9. The average Bonchev–Trinajstić information content (AvgIpc) is 3.23. The summed E-state index contributed by atoms with van der Waals surface area (Å²) in [5.74, 6) is 1.60. The summed E-state index contributed by atoms with van der Waals surface area (Å²) < 4.78 is 32.2. The Morgan fingerprint density at radius 1 is 0.867 bits per heavy atom. The molecule has 0 atom stereocenters. The molecule has 1 N–H and O–H groups in total. The second kappa shape index (κ2) is 7.55. The van der Waals surface area contributed by atoms with Gasteiger partial charge in [0.25, 0.3) is 0 Å². The van der Waals surface area contributed by atoms with Crippen molar-refractivity contribution in [2.45, 2.75) is 0 Å². The smallest absolute Gasteiger partial charge is 0.338 e. The van der Waals surface area contributed by atoms with Crippen molar-refractivity contribution in [1.29, 1.82) is 0 Å². The number of fused-ring (bicyclic) bond motifs is 2. The minimum absolute atomic E-state index is 0.0792. The molecule has 8 nitrogen and oxygen atoms in total. The first-order chi connectivity index (χ1) is 14.5. The Morgan fingerprint density at radius 2 is 1.47 bits per heavy atom. The summed E-state index contributed by atoms with van der Waals surface area (Å²) in [5, 5.41) is 11.7. The molecule has 1 aliphatic rings. The topological polar surface area (TPSA) is 92.7 Å². The number of hydrogen-bond donors (Lipinski definition) is 1. The molecule has 0 radical (unpaired) electrons. The molecule has 0 aromatic heterocycles. The molecule has 3 aromatic carbocycles. The van der Waals surface area contributed by atoms with Crippen LogP contribution in [0.3, 0.4) is 0 Å². The highest BCUT2D eigenvalue weighted by molar-refractivity contribution is 6.11. The van der Waals surface area contributed by atoms with Crippen molar-refractivity contribution in [3.05, 3.63) is 35.9 Å². The molecule has 4 rings (SSSR count). The highest BCUT2D eigenvalue weighted by Crippen LogP contribution is 2.47. The third kappa shape index (κ3) is 2.97. The normalized spacial score (nSPS) is 12.0. The van der Waals surface area contributed by atoms with Crippen LogP contribution in [0, 0.1) is 0 Å². The van der Waals surface area contributed by atoms with Gasteiger partial charge in [-0.1, -0.05) is 0 Å². The summed E-state index contributed by atoms with van der Waals surface area (Å²) in [6.45, 7) is 0.0792. The van der Waals surface area contributed by atoms with Gasteiger partial charge in [-0.15, -0.1) is 0 Å². The van der Waals surface area contributed by atoms with Crippen LogP contribution in [0.2, 0.25) is 0 Å². The molecule has 0 amide bonds. The first-order valence-corrected chi connectivity index (χ1v) is 9.00. The van der Waals surface area contributed by atoms with Gasteiger partial charge in [0.15, 0.2) is 23.0 Å². The van der Waals surface area contributed by atoms with Crippen molar-refractivity contribution in [2.75, 3.05) is 35.2 Å². The van der Waals surface area contributed by atoms with Gasteiger partial charge in [0, 0.05) is 10.9 Å². The number of phenols is 1. The van der Waals surface area contributed by atoms with Crippen LogP contribution in [0.25, 0.3) is 21.9 Å². The lowest BCUT2D eigenvalue weighted by Gasteiger charge is -2.18. The average molecular weight is 412 g/mol. The Balaban J connectivity index is 2.11. The Kier molecular flexibility index (Phi) is 4.91. The zero-order valence-electron chi connectivity index (χ0n) is 16.9. The third-order valence-corrected chi connectivity index (χ3v) is 4.97. The van der Waals surface area contributed by atoms with Crippen molar-refractivity contribution < 1.29 is 38.3 Å². The highest BCUT2D eigenvalue weighted by atomic mass is 16.7. The van der Waals surface area contributed by atoms with E-state index in [0.29, 0.717) is 50.6 Å². The van der Waals surface area contributed by atoms with E-state index < -0.39 is 5.97 Å². The summed E-state index contributed by atoms with van der Waals surface area (Å²) in [7, 11) is 5.81.